The summed E-state index contributed by atoms with van der Waals surface area (Å²) in [6.07, 6.45) is 2.78. The quantitative estimate of drug-likeness (QED) is 0.886. The van der Waals surface area contributed by atoms with Gasteiger partial charge in [-0.2, -0.15) is 5.26 Å². The van der Waals surface area contributed by atoms with Crippen molar-refractivity contribution in [1.29, 1.82) is 5.26 Å². The Kier molecular flexibility index (Phi) is 3.82. The topological polar surface area (TPSA) is 52.0 Å². The smallest absolute Gasteiger partial charge is 0.148 e. The number of nitriles is 1. The lowest BCUT2D eigenvalue weighted by atomic mass is 10.1. The highest BCUT2D eigenvalue weighted by atomic mass is 35.5. The molecule has 1 atom stereocenters. The lowest BCUT2D eigenvalue weighted by Gasteiger charge is -2.19. The van der Waals surface area contributed by atoms with Crippen LogP contribution in [0.2, 0.25) is 5.02 Å². The number of anilines is 1. The zero-order valence-electron chi connectivity index (χ0n) is 9.78. The number of aromatic nitrogens is 1. The van der Waals surface area contributed by atoms with Crippen LogP contribution in [0.3, 0.4) is 0 Å². The van der Waals surface area contributed by atoms with Crippen LogP contribution in [0.15, 0.2) is 12.3 Å². The third kappa shape index (κ3) is 2.51. The molecule has 0 aromatic carbocycles. The molecule has 2 heterocycles. The highest BCUT2D eigenvalue weighted by Gasteiger charge is 2.25. The molecule has 0 spiro atoms. The van der Waals surface area contributed by atoms with Gasteiger partial charge in [0, 0.05) is 19.3 Å². The fraction of sp³-hybridized carbons (Fsp3) is 0.500. The van der Waals surface area contributed by atoms with Crippen molar-refractivity contribution in [3.63, 3.8) is 0 Å². The Balaban J connectivity index is 2.17. The van der Waals surface area contributed by atoms with Gasteiger partial charge in [0.05, 0.1) is 5.56 Å². The van der Waals surface area contributed by atoms with Gasteiger partial charge >= 0.3 is 0 Å². The molecule has 2 rings (SSSR count). The van der Waals surface area contributed by atoms with Crippen molar-refractivity contribution in [3.05, 3.63) is 22.8 Å². The highest BCUT2D eigenvalue weighted by Crippen LogP contribution is 2.30. The van der Waals surface area contributed by atoms with Crippen molar-refractivity contribution in [2.45, 2.75) is 6.42 Å². The van der Waals surface area contributed by atoms with Crippen molar-refractivity contribution >= 4 is 17.4 Å². The molecule has 1 aromatic heterocycles. The first-order valence-electron chi connectivity index (χ1n) is 5.70. The van der Waals surface area contributed by atoms with E-state index in [0.717, 1.165) is 31.9 Å². The van der Waals surface area contributed by atoms with Crippen LogP contribution in [0.4, 0.5) is 5.82 Å². The van der Waals surface area contributed by atoms with Crippen molar-refractivity contribution in [2.24, 2.45) is 5.92 Å². The second kappa shape index (κ2) is 5.35. The molecule has 0 aliphatic carbocycles. The van der Waals surface area contributed by atoms with Gasteiger partial charge < -0.3 is 10.2 Å². The summed E-state index contributed by atoms with van der Waals surface area (Å²) >= 11 is 6.17. The van der Waals surface area contributed by atoms with Gasteiger partial charge in [0.2, 0.25) is 0 Å². The molecule has 0 bridgehead atoms. The van der Waals surface area contributed by atoms with Crippen LogP contribution < -0.4 is 10.2 Å². The Bertz CT molecular complexity index is 441. The van der Waals surface area contributed by atoms with Crippen LogP contribution >= 0.6 is 11.6 Å². The summed E-state index contributed by atoms with van der Waals surface area (Å²) in [6, 6.07) is 3.73. The van der Waals surface area contributed by atoms with Gasteiger partial charge in [0.15, 0.2) is 0 Å². The molecular formula is C12H15ClN4. The number of hydrogen-bond donors (Lipinski definition) is 1. The molecular weight excluding hydrogens is 236 g/mol. The molecule has 1 aromatic rings. The van der Waals surface area contributed by atoms with E-state index in [4.69, 9.17) is 16.9 Å². The van der Waals surface area contributed by atoms with Crippen LogP contribution in [0.5, 0.6) is 0 Å². The normalized spacial score (nSPS) is 19.4. The minimum absolute atomic E-state index is 0.472. The van der Waals surface area contributed by atoms with Gasteiger partial charge in [0.25, 0.3) is 0 Å². The number of halogens is 1. The van der Waals surface area contributed by atoms with Crippen LogP contribution in [0, 0.1) is 17.2 Å². The van der Waals surface area contributed by atoms with Gasteiger partial charge in [-0.1, -0.05) is 11.6 Å². The number of hydrogen-bond acceptors (Lipinski definition) is 4. The monoisotopic (exact) mass is 250 g/mol. The Morgan fingerprint density at radius 3 is 3.24 bits per heavy atom. The summed E-state index contributed by atoms with van der Waals surface area (Å²) < 4.78 is 0. The minimum atomic E-state index is 0.472. The molecule has 1 aliphatic heterocycles. The standard InChI is InChI=1S/C12H15ClN4/c1-15-7-9-3-5-17(8-9)12-11(13)10(6-14)2-4-16-12/h2,4,9,15H,3,5,7-8H2,1H3. The lowest BCUT2D eigenvalue weighted by Crippen LogP contribution is -2.25. The first-order valence-corrected chi connectivity index (χ1v) is 6.08. The molecule has 1 aliphatic rings. The SMILES string of the molecule is CNCC1CCN(c2nccc(C#N)c2Cl)C1. The lowest BCUT2D eigenvalue weighted by molar-refractivity contribution is 0.549. The maximum absolute atomic E-state index is 8.93. The maximum Gasteiger partial charge on any atom is 0.148 e. The third-order valence-corrected chi connectivity index (χ3v) is 3.44. The van der Waals surface area contributed by atoms with Crippen molar-refractivity contribution < 1.29 is 0 Å². The Labute approximate surface area is 106 Å². The van der Waals surface area contributed by atoms with Gasteiger partial charge in [-0.3, -0.25) is 0 Å². The summed E-state index contributed by atoms with van der Waals surface area (Å²) in [7, 11) is 1.96. The summed E-state index contributed by atoms with van der Waals surface area (Å²) in [4.78, 5) is 6.44. The molecule has 17 heavy (non-hydrogen) atoms. The number of rotatable bonds is 3. The Morgan fingerprint density at radius 1 is 1.71 bits per heavy atom. The van der Waals surface area contributed by atoms with Crippen molar-refractivity contribution in [3.8, 4) is 6.07 Å². The highest BCUT2D eigenvalue weighted by molar-refractivity contribution is 6.34. The van der Waals surface area contributed by atoms with Crippen LogP contribution in [-0.2, 0) is 0 Å². The molecule has 1 N–H and O–H groups in total. The molecule has 4 nitrogen and oxygen atoms in total. The summed E-state index contributed by atoms with van der Waals surface area (Å²) in [5, 5.41) is 12.6. The fourth-order valence-electron chi connectivity index (χ4n) is 2.22. The second-order valence-electron chi connectivity index (χ2n) is 4.27. The minimum Gasteiger partial charge on any atom is -0.355 e. The van der Waals surface area contributed by atoms with Gasteiger partial charge in [-0.15, -0.1) is 0 Å². The van der Waals surface area contributed by atoms with E-state index >= 15 is 0 Å². The van der Waals surface area contributed by atoms with E-state index in [2.05, 4.69) is 21.3 Å². The maximum atomic E-state index is 8.93. The average Bonchev–Trinajstić information content (AvgIpc) is 2.78. The van der Waals surface area contributed by atoms with Crippen LogP contribution in [0.25, 0.3) is 0 Å². The molecule has 0 radical (unpaired) electrons. The molecule has 0 saturated carbocycles. The van der Waals surface area contributed by atoms with E-state index in [-0.39, 0.29) is 0 Å². The van der Waals surface area contributed by atoms with E-state index < -0.39 is 0 Å². The van der Waals surface area contributed by atoms with Crippen LogP contribution in [0.1, 0.15) is 12.0 Å². The molecule has 5 heteroatoms. The predicted octanol–water partition coefficient (Wildman–Crippen LogP) is 1.65. The fourth-order valence-corrected chi connectivity index (χ4v) is 2.49. The van der Waals surface area contributed by atoms with Crippen molar-refractivity contribution in [1.82, 2.24) is 10.3 Å². The van der Waals surface area contributed by atoms with Gasteiger partial charge in [-0.25, -0.2) is 4.98 Å². The third-order valence-electron chi connectivity index (χ3n) is 3.07. The first kappa shape index (κ1) is 12.2. The number of nitrogens with zero attached hydrogens (tertiary/aromatic N) is 3. The van der Waals surface area contributed by atoms with Crippen molar-refractivity contribution in [2.75, 3.05) is 31.6 Å². The first-order chi connectivity index (χ1) is 8.26. The van der Waals surface area contributed by atoms with E-state index in [9.17, 15) is 0 Å². The Morgan fingerprint density at radius 2 is 2.53 bits per heavy atom. The number of nitrogens with one attached hydrogen (secondary N) is 1. The second-order valence-corrected chi connectivity index (χ2v) is 4.64. The van der Waals surface area contributed by atoms with Gasteiger partial charge in [-0.05, 0) is 32.0 Å². The number of pyridine rings is 1. The predicted molar refractivity (Wildman–Crippen MR) is 68.2 cm³/mol. The van der Waals surface area contributed by atoms with E-state index in [1.807, 2.05) is 7.05 Å². The van der Waals surface area contributed by atoms with E-state index in [0.29, 0.717) is 16.5 Å². The van der Waals surface area contributed by atoms with Gasteiger partial charge in [0.1, 0.15) is 16.9 Å². The molecule has 1 saturated heterocycles. The molecule has 90 valence electrons. The zero-order valence-corrected chi connectivity index (χ0v) is 10.5. The van der Waals surface area contributed by atoms with E-state index in [1.165, 1.54) is 0 Å². The summed E-state index contributed by atoms with van der Waals surface area (Å²) in [5.41, 5.74) is 0.494. The Hall–Kier alpha value is -1.31. The summed E-state index contributed by atoms with van der Waals surface area (Å²) in [6.45, 7) is 2.91. The zero-order chi connectivity index (χ0) is 12.3. The molecule has 1 unspecified atom stereocenters. The average molecular weight is 251 g/mol. The molecule has 1 fully saturated rings. The van der Waals surface area contributed by atoms with E-state index in [1.54, 1.807) is 12.3 Å². The molecule has 0 amide bonds. The largest absolute Gasteiger partial charge is 0.355 e. The van der Waals surface area contributed by atoms with Crippen LogP contribution in [-0.4, -0.2) is 31.7 Å². The summed E-state index contributed by atoms with van der Waals surface area (Å²) in [5.74, 6) is 1.37.